The Labute approximate surface area is 219 Å². The van der Waals surface area contributed by atoms with Gasteiger partial charge in [-0.05, 0) is 42.3 Å². The molecule has 0 aromatic heterocycles. The van der Waals surface area contributed by atoms with Crippen molar-refractivity contribution < 1.29 is 19.1 Å². The third kappa shape index (κ3) is 10.1. The van der Waals surface area contributed by atoms with Crippen LogP contribution in [0.1, 0.15) is 28.8 Å². The number of hydrogen-bond acceptors (Lipinski definition) is 6. The molecule has 0 spiro atoms. The summed E-state index contributed by atoms with van der Waals surface area (Å²) in [6.07, 6.45) is 0.478. The highest BCUT2D eigenvalue weighted by Crippen LogP contribution is 2.24. The number of nitrogens with one attached hydrogen (secondary N) is 4. The zero-order chi connectivity index (χ0) is 26.5. The number of benzene rings is 3. The van der Waals surface area contributed by atoms with E-state index < -0.39 is 17.2 Å². The van der Waals surface area contributed by atoms with Crippen molar-refractivity contribution in [2.24, 2.45) is 5.73 Å². The largest absolute Gasteiger partial charge is 0.461 e. The van der Waals surface area contributed by atoms with Crippen molar-refractivity contribution in [2.45, 2.75) is 29.7 Å². The summed E-state index contributed by atoms with van der Waals surface area (Å²) in [5.41, 5.74) is 7.03. The molecule has 0 radical (unpaired) electrons. The predicted octanol–water partition coefficient (Wildman–Crippen LogP) is 3.48. The molecule has 37 heavy (non-hydrogen) atoms. The third-order valence-electron chi connectivity index (χ3n) is 5.01. The van der Waals surface area contributed by atoms with Gasteiger partial charge in [0.15, 0.2) is 5.96 Å². The Hall–Kier alpha value is -4.31. The van der Waals surface area contributed by atoms with E-state index in [-0.39, 0.29) is 31.5 Å². The summed E-state index contributed by atoms with van der Waals surface area (Å²) in [7, 11) is 0. The van der Waals surface area contributed by atoms with E-state index in [9.17, 15) is 14.4 Å². The van der Waals surface area contributed by atoms with Gasteiger partial charge in [-0.15, -0.1) is 11.8 Å². The monoisotopic (exact) mass is 519 g/mol. The van der Waals surface area contributed by atoms with Gasteiger partial charge in [0.25, 0.3) is 5.91 Å². The summed E-state index contributed by atoms with van der Waals surface area (Å²) in [5, 5.41) is 15.0. The molecule has 1 atom stereocenters. The number of anilines is 1. The second kappa shape index (κ2) is 14.3. The van der Waals surface area contributed by atoms with Crippen LogP contribution >= 0.6 is 11.8 Å². The number of carbonyl (C=O) groups is 3. The summed E-state index contributed by atoms with van der Waals surface area (Å²) >= 11 is 1.42. The standard InChI is InChI=1S/C27H29N5O4S/c28-27(29)31-21-11-7-10-20(16-21)26(35)30-17-23(33)32-24(37-22-12-5-2-6-13-22)14-15-25(34)36-18-19-8-3-1-4-9-19/h1-13,16,24H,14-15,17-18H2,(H,30,35)(H,32,33)(H4,28,29,31). The molecule has 0 saturated carbocycles. The van der Waals surface area contributed by atoms with Gasteiger partial charge in [0.2, 0.25) is 5.91 Å². The van der Waals surface area contributed by atoms with E-state index >= 15 is 0 Å². The van der Waals surface area contributed by atoms with Crippen LogP contribution in [-0.2, 0) is 20.9 Å². The minimum Gasteiger partial charge on any atom is -0.461 e. The Balaban J connectivity index is 1.52. The maximum Gasteiger partial charge on any atom is 0.306 e. The number of amides is 2. The fourth-order valence-electron chi connectivity index (χ4n) is 3.27. The van der Waals surface area contributed by atoms with Crippen molar-refractivity contribution in [1.29, 1.82) is 5.41 Å². The van der Waals surface area contributed by atoms with Crippen molar-refractivity contribution in [1.82, 2.24) is 10.6 Å². The van der Waals surface area contributed by atoms with E-state index in [1.807, 2.05) is 60.7 Å². The van der Waals surface area contributed by atoms with Crippen molar-refractivity contribution in [3.63, 3.8) is 0 Å². The van der Waals surface area contributed by atoms with Gasteiger partial charge < -0.3 is 26.4 Å². The Morgan fingerprint density at radius 1 is 0.946 bits per heavy atom. The SMILES string of the molecule is N=C(N)Nc1cccc(C(=O)NCC(=O)NC(CCC(=O)OCc2ccccc2)Sc2ccccc2)c1. The van der Waals surface area contributed by atoms with Gasteiger partial charge in [-0.25, -0.2) is 0 Å². The number of ether oxygens (including phenoxy) is 1. The van der Waals surface area contributed by atoms with E-state index in [0.29, 0.717) is 17.7 Å². The molecule has 0 bridgehead atoms. The minimum absolute atomic E-state index is 0.125. The third-order valence-corrected chi connectivity index (χ3v) is 6.19. The van der Waals surface area contributed by atoms with Crippen molar-refractivity contribution in [2.75, 3.05) is 11.9 Å². The van der Waals surface area contributed by atoms with Gasteiger partial charge in [-0.1, -0.05) is 54.6 Å². The number of carbonyl (C=O) groups excluding carboxylic acids is 3. The molecule has 0 aliphatic rings. The van der Waals surface area contributed by atoms with Crippen molar-refractivity contribution in [3.05, 3.63) is 96.1 Å². The summed E-state index contributed by atoms with van der Waals surface area (Å²) < 4.78 is 5.35. The number of rotatable bonds is 12. The summed E-state index contributed by atoms with van der Waals surface area (Å²) in [4.78, 5) is 38.4. The van der Waals surface area contributed by atoms with Crippen LogP contribution < -0.4 is 21.7 Å². The molecule has 2 amide bonds. The van der Waals surface area contributed by atoms with Crippen LogP contribution in [0, 0.1) is 5.41 Å². The normalized spacial score (nSPS) is 11.1. The molecule has 10 heteroatoms. The van der Waals surface area contributed by atoms with Crippen LogP contribution in [0.4, 0.5) is 5.69 Å². The van der Waals surface area contributed by atoms with Gasteiger partial charge in [-0.2, -0.15) is 0 Å². The average molecular weight is 520 g/mol. The van der Waals surface area contributed by atoms with Gasteiger partial charge in [0.05, 0.1) is 11.9 Å². The predicted molar refractivity (Wildman–Crippen MR) is 144 cm³/mol. The number of guanidine groups is 1. The molecule has 9 nitrogen and oxygen atoms in total. The topological polar surface area (TPSA) is 146 Å². The number of nitrogens with two attached hydrogens (primary N) is 1. The van der Waals surface area contributed by atoms with Crippen molar-refractivity contribution in [3.8, 4) is 0 Å². The molecule has 6 N–H and O–H groups in total. The molecule has 3 aromatic rings. The first-order valence-corrected chi connectivity index (χ1v) is 12.5. The number of thioether (sulfide) groups is 1. The quantitative estimate of drug-likeness (QED) is 0.0809. The molecule has 0 heterocycles. The van der Waals surface area contributed by atoms with E-state index in [1.54, 1.807) is 18.2 Å². The Bertz CT molecular complexity index is 1210. The molecule has 0 fully saturated rings. The molecule has 0 aliphatic heterocycles. The molecule has 1 unspecified atom stereocenters. The van der Waals surface area contributed by atoms with Gasteiger partial charge >= 0.3 is 5.97 Å². The van der Waals surface area contributed by atoms with Crippen LogP contribution in [0.2, 0.25) is 0 Å². The maximum atomic E-state index is 12.6. The van der Waals surface area contributed by atoms with Crippen LogP contribution in [0.25, 0.3) is 0 Å². The molecule has 0 aliphatic carbocycles. The molecular weight excluding hydrogens is 490 g/mol. The molecular formula is C27H29N5O4S. The average Bonchev–Trinajstić information content (AvgIpc) is 2.90. The molecule has 192 valence electrons. The van der Waals surface area contributed by atoms with Crippen LogP contribution in [-0.4, -0.2) is 35.7 Å². The molecule has 0 saturated heterocycles. The second-order valence-electron chi connectivity index (χ2n) is 7.97. The summed E-state index contributed by atoms with van der Waals surface area (Å²) in [5.74, 6) is -1.44. The highest BCUT2D eigenvalue weighted by molar-refractivity contribution is 8.00. The zero-order valence-electron chi connectivity index (χ0n) is 20.1. The maximum absolute atomic E-state index is 12.6. The van der Waals surface area contributed by atoms with Crippen LogP contribution in [0.5, 0.6) is 0 Å². The molecule has 3 rings (SSSR count). The first kappa shape index (κ1) is 27.3. The lowest BCUT2D eigenvalue weighted by Gasteiger charge is -2.18. The first-order valence-electron chi connectivity index (χ1n) is 11.6. The lowest BCUT2D eigenvalue weighted by molar-refractivity contribution is -0.145. The van der Waals surface area contributed by atoms with E-state index in [1.165, 1.54) is 17.8 Å². The second-order valence-corrected chi connectivity index (χ2v) is 9.25. The lowest BCUT2D eigenvalue weighted by atomic mass is 10.2. The van der Waals surface area contributed by atoms with Crippen molar-refractivity contribution >= 4 is 41.2 Å². The van der Waals surface area contributed by atoms with E-state index in [4.69, 9.17) is 15.9 Å². The fourth-order valence-corrected chi connectivity index (χ4v) is 4.34. The Kier molecular flexibility index (Phi) is 10.5. The highest BCUT2D eigenvalue weighted by atomic mass is 32.2. The summed E-state index contributed by atoms with van der Waals surface area (Å²) in [6, 6.07) is 25.4. The van der Waals surface area contributed by atoms with Gasteiger partial charge in [-0.3, -0.25) is 19.8 Å². The van der Waals surface area contributed by atoms with Gasteiger partial charge in [0.1, 0.15) is 6.61 Å². The number of hydrogen-bond donors (Lipinski definition) is 5. The lowest BCUT2D eigenvalue weighted by Crippen LogP contribution is -2.41. The van der Waals surface area contributed by atoms with Crippen LogP contribution in [0.3, 0.4) is 0 Å². The Morgan fingerprint density at radius 3 is 2.35 bits per heavy atom. The minimum atomic E-state index is -0.445. The molecule has 3 aromatic carbocycles. The van der Waals surface area contributed by atoms with Gasteiger partial charge in [0, 0.05) is 22.6 Å². The zero-order valence-corrected chi connectivity index (χ0v) is 20.9. The van der Waals surface area contributed by atoms with Crippen LogP contribution in [0.15, 0.2) is 89.8 Å². The van der Waals surface area contributed by atoms with E-state index in [2.05, 4.69) is 16.0 Å². The Morgan fingerprint density at radius 2 is 1.65 bits per heavy atom. The summed E-state index contributed by atoms with van der Waals surface area (Å²) in [6.45, 7) is -0.0504. The fraction of sp³-hybridized carbons (Fsp3) is 0.185. The van der Waals surface area contributed by atoms with E-state index in [0.717, 1.165) is 10.5 Å². The smallest absolute Gasteiger partial charge is 0.306 e. The number of esters is 1. The first-order chi connectivity index (χ1) is 17.9. The highest BCUT2D eigenvalue weighted by Gasteiger charge is 2.17.